The van der Waals surface area contributed by atoms with Crippen molar-refractivity contribution in [2.45, 2.75) is 84.5 Å². The number of rotatable bonds is 9. The Labute approximate surface area is 121 Å². The summed E-state index contributed by atoms with van der Waals surface area (Å²) in [6, 6.07) is 0. The lowest BCUT2D eigenvalue weighted by Crippen LogP contribution is -2.11. The third-order valence-corrected chi connectivity index (χ3v) is 4.41. The van der Waals surface area contributed by atoms with Crippen molar-refractivity contribution in [3.63, 3.8) is 0 Å². The highest BCUT2D eigenvalue weighted by Gasteiger charge is 2.16. The fourth-order valence-corrected chi connectivity index (χ4v) is 3.13. The van der Waals surface area contributed by atoms with E-state index in [2.05, 4.69) is 38.2 Å². The van der Waals surface area contributed by atoms with Crippen LogP contribution in [0, 0.1) is 11.8 Å². The third-order valence-electron chi connectivity index (χ3n) is 4.41. The van der Waals surface area contributed by atoms with Crippen LogP contribution in [0.3, 0.4) is 0 Å². The summed E-state index contributed by atoms with van der Waals surface area (Å²) in [4.78, 5) is 0. The van der Waals surface area contributed by atoms with Crippen LogP contribution in [0.5, 0.6) is 0 Å². The summed E-state index contributed by atoms with van der Waals surface area (Å²) in [7, 11) is 0. The molecule has 110 valence electrons. The lowest BCUT2D eigenvalue weighted by molar-refractivity contribution is 0.356. The summed E-state index contributed by atoms with van der Waals surface area (Å²) < 4.78 is 0. The van der Waals surface area contributed by atoms with Gasteiger partial charge in [-0.25, -0.2) is 0 Å². The minimum absolute atomic E-state index is 0.869. The fraction of sp³-hybridized carbons (Fsp3) is 0.789. The Morgan fingerprint density at radius 2 is 1.37 bits per heavy atom. The molecule has 0 aromatic carbocycles. The molecule has 0 bridgehead atoms. The minimum Gasteiger partial charge on any atom is -0.0914 e. The molecule has 0 aliphatic heterocycles. The summed E-state index contributed by atoms with van der Waals surface area (Å²) in [6.45, 7) is 4.43. The predicted octanol–water partition coefficient (Wildman–Crippen LogP) is 6.68. The van der Waals surface area contributed by atoms with Crippen molar-refractivity contribution in [3.8, 4) is 0 Å². The molecule has 1 aliphatic rings. The quantitative estimate of drug-likeness (QED) is 0.321. The van der Waals surface area contributed by atoms with Crippen LogP contribution in [0.1, 0.15) is 84.5 Å². The lowest BCUT2D eigenvalue weighted by Gasteiger charge is -2.24. The summed E-state index contributed by atoms with van der Waals surface area (Å²) >= 11 is 0. The third kappa shape index (κ3) is 8.29. The van der Waals surface area contributed by atoms with E-state index in [-0.39, 0.29) is 0 Å². The van der Waals surface area contributed by atoms with Gasteiger partial charge in [-0.2, -0.15) is 0 Å². The molecule has 1 saturated carbocycles. The second-order valence-electron chi connectivity index (χ2n) is 6.19. The summed E-state index contributed by atoms with van der Waals surface area (Å²) in [6.07, 6.45) is 25.0. The number of hydrogen-bond donors (Lipinski definition) is 0. The molecule has 0 heterocycles. The van der Waals surface area contributed by atoms with Gasteiger partial charge in [-0.15, -0.1) is 0 Å². The average Bonchev–Trinajstić information content (AvgIpc) is 2.44. The second-order valence-corrected chi connectivity index (χ2v) is 6.19. The molecule has 0 radical (unpaired) electrons. The van der Waals surface area contributed by atoms with Crippen LogP contribution >= 0.6 is 0 Å². The molecule has 0 aromatic heterocycles. The van der Waals surface area contributed by atoms with Crippen molar-refractivity contribution >= 4 is 0 Å². The highest BCUT2D eigenvalue weighted by molar-refractivity contribution is 4.95. The van der Waals surface area contributed by atoms with E-state index in [1.807, 2.05) is 0 Å². The van der Waals surface area contributed by atoms with E-state index >= 15 is 0 Å². The van der Waals surface area contributed by atoms with Gasteiger partial charge >= 0.3 is 0 Å². The molecule has 1 fully saturated rings. The monoisotopic (exact) mass is 262 g/mol. The Balaban J connectivity index is 1.98. The topological polar surface area (TPSA) is 0 Å². The highest BCUT2D eigenvalue weighted by atomic mass is 14.2. The van der Waals surface area contributed by atoms with Crippen LogP contribution in [0.15, 0.2) is 24.3 Å². The fourth-order valence-electron chi connectivity index (χ4n) is 3.13. The molecule has 1 rings (SSSR count). The zero-order valence-electron chi connectivity index (χ0n) is 13.2. The van der Waals surface area contributed by atoms with Gasteiger partial charge in [-0.1, -0.05) is 63.3 Å². The van der Waals surface area contributed by atoms with Gasteiger partial charge in [0.2, 0.25) is 0 Å². The van der Waals surface area contributed by atoms with Gasteiger partial charge in [0.25, 0.3) is 0 Å². The summed E-state index contributed by atoms with van der Waals surface area (Å²) in [5.41, 5.74) is 0. The van der Waals surface area contributed by atoms with Gasteiger partial charge in [-0.3, -0.25) is 0 Å². The molecule has 0 unspecified atom stereocenters. The van der Waals surface area contributed by atoms with Gasteiger partial charge in [0.1, 0.15) is 0 Å². The molecular weight excluding hydrogens is 228 g/mol. The Morgan fingerprint density at radius 1 is 0.789 bits per heavy atom. The molecule has 0 aromatic rings. The number of allylic oxidation sites excluding steroid dienone is 4. The van der Waals surface area contributed by atoms with Crippen LogP contribution in [-0.4, -0.2) is 0 Å². The smallest absolute Gasteiger partial charge is 0.0233 e. The van der Waals surface area contributed by atoms with Gasteiger partial charge in [0, 0.05) is 0 Å². The van der Waals surface area contributed by atoms with Crippen molar-refractivity contribution in [2.75, 3.05) is 0 Å². The largest absolute Gasteiger partial charge is 0.0914 e. The first-order valence-corrected chi connectivity index (χ1v) is 8.66. The number of unbranched alkanes of at least 4 members (excludes halogenated alkanes) is 6. The molecule has 0 heteroatoms. The average molecular weight is 262 g/mol. The first kappa shape index (κ1) is 16.5. The molecule has 1 aliphatic carbocycles. The molecular formula is C19H34. The Morgan fingerprint density at radius 3 is 2.00 bits per heavy atom. The van der Waals surface area contributed by atoms with Crippen LogP contribution in [0.25, 0.3) is 0 Å². The van der Waals surface area contributed by atoms with E-state index in [1.54, 1.807) is 0 Å². The van der Waals surface area contributed by atoms with E-state index in [4.69, 9.17) is 0 Å². The SMILES string of the molecule is CC=CC1CCC(C=CCCCCCCCC)CC1. The zero-order valence-corrected chi connectivity index (χ0v) is 13.2. The second kappa shape index (κ2) is 11.3. The van der Waals surface area contributed by atoms with Gasteiger partial charge in [0.15, 0.2) is 0 Å². The molecule has 0 amide bonds. The van der Waals surface area contributed by atoms with Crippen molar-refractivity contribution < 1.29 is 0 Å². The highest BCUT2D eigenvalue weighted by Crippen LogP contribution is 2.30. The first-order valence-electron chi connectivity index (χ1n) is 8.66. The maximum Gasteiger partial charge on any atom is -0.0233 e. The molecule has 0 spiro atoms. The lowest BCUT2D eigenvalue weighted by atomic mass is 9.81. The molecule has 19 heavy (non-hydrogen) atoms. The zero-order chi connectivity index (χ0) is 13.8. The first-order chi connectivity index (χ1) is 9.36. The summed E-state index contributed by atoms with van der Waals surface area (Å²) in [5, 5.41) is 0. The number of hydrogen-bond acceptors (Lipinski definition) is 0. The van der Waals surface area contributed by atoms with E-state index in [1.165, 1.54) is 70.6 Å². The maximum atomic E-state index is 2.51. The minimum atomic E-state index is 0.869. The van der Waals surface area contributed by atoms with Crippen molar-refractivity contribution in [1.82, 2.24) is 0 Å². The van der Waals surface area contributed by atoms with Crippen molar-refractivity contribution in [1.29, 1.82) is 0 Å². The van der Waals surface area contributed by atoms with Crippen LogP contribution in [0.2, 0.25) is 0 Å². The van der Waals surface area contributed by atoms with Crippen LogP contribution in [-0.2, 0) is 0 Å². The van der Waals surface area contributed by atoms with E-state index in [0.29, 0.717) is 0 Å². The molecule has 0 N–H and O–H groups in total. The van der Waals surface area contributed by atoms with E-state index in [0.717, 1.165) is 11.8 Å². The van der Waals surface area contributed by atoms with Crippen LogP contribution < -0.4 is 0 Å². The standard InChI is InChI=1S/C19H34/c1-3-5-6-7-8-9-10-11-13-19-16-14-18(12-4-2)15-17-19/h4,11-13,18-19H,3,5-10,14-17H2,1-2H3. The normalized spacial score (nSPS) is 24.5. The Kier molecular flexibility index (Phi) is 9.85. The van der Waals surface area contributed by atoms with E-state index < -0.39 is 0 Å². The predicted molar refractivity (Wildman–Crippen MR) is 87.4 cm³/mol. The van der Waals surface area contributed by atoms with Crippen molar-refractivity contribution in [3.05, 3.63) is 24.3 Å². The van der Waals surface area contributed by atoms with Gasteiger partial charge < -0.3 is 0 Å². The molecule has 0 atom stereocenters. The Hall–Kier alpha value is -0.520. The van der Waals surface area contributed by atoms with E-state index in [9.17, 15) is 0 Å². The van der Waals surface area contributed by atoms with Crippen molar-refractivity contribution in [2.24, 2.45) is 11.8 Å². The summed E-state index contributed by atoms with van der Waals surface area (Å²) in [5.74, 6) is 1.75. The molecule has 0 saturated heterocycles. The van der Waals surface area contributed by atoms with Gasteiger partial charge in [-0.05, 0) is 57.3 Å². The molecule has 0 nitrogen and oxygen atoms in total. The maximum absolute atomic E-state index is 2.51. The van der Waals surface area contributed by atoms with Crippen LogP contribution in [0.4, 0.5) is 0 Å². The van der Waals surface area contributed by atoms with Gasteiger partial charge in [0.05, 0.1) is 0 Å². The Bertz CT molecular complexity index is 241.